The van der Waals surface area contributed by atoms with Gasteiger partial charge in [0.15, 0.2) is 5.82 Å². The number of nitrogens with zero attached hydrogens (tertiary/aromatic N) is 3. The molecule has 3 aromatic carbocycles. The van der Waals surface area contributed by atoms with Crippen molar-refractivity contribution < 1.29 is 0 Å². The smallest absolute Gasteiger partial charge is 0.161 e. The lowest BCUT2D eigenvalue weighted by Gasteiger charge is -2.28. The topological polar surface area (TPSA) is 29.0 Å². The van der Waals surface area contributed by atoms with Crippen LogP contribution in [0.5, 0.6) is 0 Å². The molecule has 6 rings (SSSR count). The summed E-state index contributed by atoms with van der Waals surface area (Å²) in [6, 6.07) is 29.3. The number of fused-ring (bicyclic) bond motifs is 3. The second kappa shape index (κ2) is 7.77. The molecule has 2 aliphatic rings. The molecule has 1 aliphatic carbocycles. The molecule has 2 heterocycles. The highest BCUT2D eigenvalue weighted by Gasteiger charge is 2.36. The molecule has 4 heteroatoms. The zero-order chi connectivity index (χ0) is 21.5. The van der Waals surface area contributed by atoms with Crippen LogP contribution in [0.15, 0.2) is 109 Å². The van der Waals surface area contributed by atoms with Crippen LogP contribution in [0.4, 0.5) is 11.4 Å². The molecule has 0 saturated heterocycles. The van der Waals surface area contributed by atoms with Gasteiger partial charge in [-0.2, -0.15) is 0 Å². The molecule has 32 heavy (non-hydrogen) atoms. The van der Waals surface area contributed by atoms with E-state index in [-0.39, 0.29) is 0 Å². The normalized spacial score (nSPS) is 18.5. The van der Waals surface area contributed by atoms with E-state index in [1.54, 1.807) is 0 Å². The Morgan fingerprint density at radius 2 is 1.47 bits per heavy atom. The van der Waals surface area contributed by atoms with Gasteiger partial charge in [0.05, 0.1) is 11.7 Å². The van der Waals surface area contributed by atoms with E-state index < -0.39 is 0 Å². The molecule has 2 atom stereocenters. The van der Waals surface area contributed by atoms with Gasteiger partial charge in [-0.05, 0) is 23.8 Å². The van der Waals surface area contributed by atoms with Crippen LogP contribution < -0.4 is 4.90 Å². The number of hydrogen-bond acceptors (Lipinski definition) is 3. The zero-order valence-corrected chi connectivity index (χ0v) is 18.0. The Bertz CT molecular complexity index is 1340. The second-order valence-corrected chi connectivity index (χ2v) is 8.41. The first-order chi connectivity index (χ1) is 15.8. The molecule has 0 bridgehead atoms. The predicted octanol–water partition coefficient (Wildman–Crippen LogP) is 7.19. The highest BCUT2D eigenvalue weighted by Crippen LogP contribution is 2.47. The van der Waals surface area contributed by atoms with Gasteiger partial charge in [-0.3, -0.25) is 0 Å². The Kier molecular flexibility index (Phi) is 4.62. The van der Waals surface area contributed by atoms with Crippen LogP contribution in [0.1, 0.15) is 11.5 Å². The predicted molar refractivity (Wildman–Crippen MR) is 131 cm³/mol. The number of rotatable bonds is 3. The molecule has 0 amide bonds. The van der Waals surface area contributed by atoms with Crippen molar-refractivity contribution in [1.29, 1.82) is 0 Å². The minimum Gasteiger partial charge on any atom is -0.333 e. The first kappa shape index (κ1) is 19.0. The van der Waals surface area contributed by atoms with Crippen LogP contribution in [0.3, 0.4) is 0 Å². The van der Waals surface area contributed by atoms with Crippen molar-refractivity contribution in [1.82, 2.24) is 9.97 Å². The fourth-order valence-corrected chi connectivity index (χ4v) is 4.85. The molecule has 2 unspecified atom stereocenters. The minimum absolute atomic E-state index is 0.293. The summed E-state index contributed by atoms with van der Waals surface area (Å²) in [7, 11) is 0. The fourth-order valence-electron chi connectivity index (χ4n) is 4.66. The Labute approximate surface area is 192 Å². The van der Waals surface area contributed by atoms with Crippen molar-refractivity contribution in [2.75, 3.05) is 4.90 Å². The largest absolute Gasteiger partial charge is 0.333 e. The van der Waals surface area contributed by atoms with E-state index >= 15 is 0 Å². The molecule has 0 fully saturated rings. The summed E-state index contributed by atoms with van der Waals surface area (Å²) in [6.45, 7) is 0. The number of hydrogen-bond donors (Lipinski definition) is 0. The van der Waals surface area contributed by atoms with Gasteiger partial charge in [0.25, 0.3) is 0 Å². The van der Waals surface area contributed by atoms with Gasteiger partial charge in [-0.25, -0.2) is 9.97 Å². The quantitative estimate of drug-likeness (QED) is 0.320. The van der Waals surface area contributed by atoms with Gasteiger partial charge in [-0.1, -0.05) is 96.6 Å². The van der Waals surface area contributed by atoms with E-state index in [1.165, 1.54) is 11.3 Å². The molecule has 154 valence electrons. The van der Waals surface area contributed by atoms with Crippen LogP contribution in [0, 0.1) is 0 Å². The van der Waals surface area contributed by atoms with Crippen LogP contribution in [0.2, 0.25) is 5.15 Å². The van der Waals surface area contributed by atoms with Gasteiger partial charge in [0.2, 0.25) is 0 Å². The van der Waals surface area contributed by atoms with Crippen LogP contribution in [0.25, 0.3) is 22.6 Å². The molecule has 0 spiro atoms. The second-order valence-electron chi connectivity index (χ2n) is 8.03. The number of anilines is 2. The van der Waals surface area contributed by atoms with Crippen molar-refractivity contribution in [3.05, 3.63) is 120 Å². The van der Waals surface area contributed by atoms with Crippen LogP contribution in [-0.2, 0) is 0 Å². The molecular formula is C28H20ClN3. The van der Waals surface area contributed by atoms with Crippen LogP contribution >= 0.6 is 11.6 Å². The third-order valence-corrected chi connectivity index (χ3v) is 6.32. The van der Waals surface area contributed by atoms with Crippen molar-refractivity contribution >= 4 is 23.0 Å². The minimum atomic E-state index is 0.293. The lowest BCUT2D eigenvalue weighted by atomic mass is 9.91. The molecule has 0 saturated carbocycles. The van der Waals surface area contributed by atoms with E-state index in [0.717, 1.165) is 22.5 Å². The van der Waals surface area contributed by atoms with Crippen molar-refractivity contribution in [2.24, 2.45) is 0 Å². The van der Waals surface area contributed by atoms with E-state index in [1.807, 2.05) is 36.4 Å². The standard InChI is InChI=1S/C28H20ClN3/c29-27-18-24(30-28(31-27)20-8-2-1-3-9-20)19-14-16-21(17-15-19)32-25-12-6-4-10-22(25)23-11-5-7-13-26(23)32/h1-18,22,25H. The van der Waals surface area contributed by atoms with Crippen molar-refractivity contribution in [2.45, 2.75) is 12.0 Å². The lowest BCUT2D eigenvalue weighted by Crippen LogP contribution is -2.28. The first-order valence-electron chi connectivity index (χ1n) is 10.7. The number of para-hydroxylation sites is 1. The highest BCUT2D eigenvalue weighted by atomic mass is 35.5. The SMILES string of the molecule is Clc1cc(-c2ccc(N3c4ccccc4C4C=CC=CC43)cc2)nc(-c2ccccc2)n1. The van der Waals surface area contributed by atoms with Gasteiger partial charge in [-0.15, -0.1) is 0 Å². The van der Waals surface area contributed by atoms with Gasteiger partial charge in [0.1, 0.15) is 5.15 Å². The average Bonchev–Trinajstić information content (AvgIpc) is 3.19. The molecule has 0 N–H and O–H groups in total. The summed E-state index contributed by atoms with van der Waals surface area (Å²) in [4.78, 5) is 11.6. The Morgan fingerprint density at radius 3 is 2.31 bits per heavy atom. The molecule has 1 aromatic heterocycles. The molecule has 1 aliphatic heterocycles. The summed E-state index contributed by atoms with van der Waals surface area (Å²) in [6.07, 6.45) is 8.87. The zero-order valence-electron chi connectivity index (χ0n) is 17.3. The Balaban J connectivity index is 1.37. The van der Waals surface area contributed by atoms with Crippen molar-refractivity contribution in [3.8, 4) is 22.6 Å². The highest BCUT2D eigenvalue weighted by molar-refractivity contribution is 6.29. The third-order valence-electron chi connectivity index (χ3n) is 6.13. The maximum Gasteiger partial charge on any atom is 0.161 e. The maximum absolute atomic E-state index is 6.34. The van der Waals surface area contributed by atoms with Gasteiger partial charge >= 0.3 is 0 Å². The lowest BCUT2D eigenvalue weighted by molar-refractivity contribution is 0.745. The first-order valence-corrected chi connectivity index (χ1v) is 11.1. The van der Waals surface area contributed by atoms with Crippen LogP contribution in [-0.4, -0.2) is 16.0 Å². The summed E-state index contributed by atoms with van der Waals surface area (Å²) >= 11 is 6.34. The maximum atomic E-state index is 6.34. The molecule has 4 aromatic rings. The average molecular weight is 434 g/mol. The number of aromatic nitrogens is 2. The number of benzene rings is 3. The number of allylic oxidation sites excluding steroid dienone is 2. The van der Waals surface area contributed by atoms with E-state index in [2.05, 4.69) is 82.7 Å². The fraction of sp³-hybridized carbons (Fsp3) is 0.0714. The molecular weight excluding hydrogens is 414 g/mol. The number of halogens is 1. The van der Waals surface area contributed by atoms with E-state index in [4.69, 9.17) is 16.6 Å². The van der Waals surface area contributed by atoms with Gasteiger partial charge < -0.3 is 4.90 Å². The Hall–Kier alpha value is -3.69. The molecule has 3 nitrogen and oxygen atoms in total. The summed E-state index contributed by atoms with van der Waals surface area (Å²) in [5, 5.41) is 0.438. The van der Waals surface area contributed by atoms with Crippen molar-refractivity contribution in [3.63, 3.8) is 0 Å². The van der Waals surface area contributed by atoms with E-state index in [0.29, 0.717) is 22.9 Å². The monoisotopic (exact) mass is 433 g/mol. The summed E-state index contributed by atoms with van der Waals surface area (Å²) in [5.41, 5.74) is 6.58. The third kappa shape index (κ3) is 3.22. The summed E-state index contributed by atoms with van der Waals surface area (Å²) in [5.74, 6) is 1.01. The van der Waals surface area contributed by atoms with Gasteiger partial charge in [0, 0.05) is 34.5 Å². The Morgan fingerprint density at radius 1 is 0.719 bits per heavy atom. The molecule has 0 radical (unpaired) electrons. The summed E-state index contributed by atoms with van der Waals surface area (Å²) < 4.78 is 0. The van der Waals surface area contributed by atoms with E-state index in [9.17, 15) is 0 Å².